The van der Waals surface area contributed by atoms with E-state index in [1.165, 1.54) is 19.3 Å². The summed E-state index contributed by atoms with van der Waals surface area (Å²) in [6, 6.07) is 0. The second-order valence-corrected chi connectivity index (χ2v) is 4.49. The Labute approximate surface area is 117 Å². The molecule has 0 saturated carbocycles. The summed E-state index contributed by atoms with van der Waals surface area (Å²) in [5, 5.41) is 0. The summed E-state index contributed by atoms with van der Waals surface area (Å²) in [5.74, 6) is -0.470. The Hall–Kier alpha value is -1.27. The minimum absolute atomic E-state index is 0. The van der Waals surface area contributed by atoms with Gasteiger partial charge in [-0.25, -0.2) is 9.59 Å². The molecule has 1 aromatic heterocycles. The Bertz CT molecular complexity index is 463. The Kier molecular flexibility index (Phi) is 6.11. The number of piperidine rings is 1. The fourth-order valence-corrected chi connectivity index (χ4v) is 2.26. The number of carbonyl (C=O) groups is 1. The number of likely N-dealkylation sites (tertiary alicyclic amines) is 1. The van der Waals surface area contributed by atoms with Crippen LogP contribution >= 0.6 is 12.4 Å². The topological polar surface area (TPSA) is 78.2 Å². The summed E-state index contributed by atoms with van der Waals surface area (Å²) in [5.41, 5.74) is 0.526. The van der Waals surface area contributed by atoms with Crippen LogP contribution in [0.1, 0.15) is 42.4 Å². The zero-order valence-electron chi connectivity index (χ0n) is 11.0. The lowest BCUT2D eigenvalue weighted by Crippen LogP contribution is -2.30. The van der Waals surface area contributed by atoms with Crippen LogP contribution in [-0.2, 0) is 11.3 Å². The molecule has 0 aliphatic carbocycles. The number of hydrogen-bond acceptors (Lipinski definition) is 4. The average Bonchev–Trinajstić information content (AvgIpc) is 2.72. The van der Waals surface area contributed by atoms with Crippen molar-refractivity contribution in [1.82, 2.24) is 14.9 Å². The second-order valence-electron chi connectivity index (χ2n) is 4.49. The lowest BCUT2D eigenvalue weighted by atomic mass is 10.1. The van der Waals surface area contributed by atoms with Crippen molar-refractivity contribution in [3.63, 3.8) is 0 Å². The van der Waals surface area contributed by atoms with E-state index in [0.29, 0.717) is 18.8 Å². The number of imidazole rings is 1. The number of rotatable bonds is 4. The Morgan fingerprint density at radius 2 is 1.95 bits per heavy atom. The van der Waals surface area contributed by atoms with Crippen molar-refractivity contribution in [1.29, 1.82) is 0 Å². The normalized spacial score (nSPS) is 15.8. The van der Waals surface area contributed by atoms with E-state index in [9.17, 15) is 9.59 Å². The first-order valence-corrected chi connectivity index (χ1v) is 6.41. The van der Waals surface area contributed by atoms with Crippen LogP contribution in [-0.4, -0.2) is 40.5 Å². The van der Waals surface area contributed by atoms with E-state index in [-0.39, 0.29) is 23.8 Å². The standard InChI is InChI=1S/C12H19N3O3.ClH/c1-2-18-11(16)10-9(13-12(17)14-10)8-15-6-4-3-5-7-15;/h2-8H2,1H3,(H2,13,14,17);1H. The van der Waals surface area contributed by atoms with Crippen molar-refractivity contribution in [2.75, 3.05) is 19.7 Å². The monoisotopic (exact) mass is 289 g/mol. The van der Waals surface area contributed by atoms with Gasteiger partial charge in [-0.2, -0.15) is 0 Å². The summed E-state index contributed by atoms with van der Waals surface area (Å²) >= 11 is 0. The first-order chi connectivity index (χ1) is 8.70. The van der Waals surface area contributed by atoms with Crippen molar-refractivity contribution in [3.05, 3.63) is 21.9 Å². The summed E-state index contributed by atoms with van der Waals surface area (Å²) in [7, 11) is 0. The van der Waals surface area contributed by atoms with Crippen molar-refractivity contribution >= 4 is 18.4 Å². The summed E-state index contributed by atoms with van der Waals surface area (Å²) in [6.45, 7) is 4.65. The fourth-order valence-electron chi connectivity index (χ4n) is 2.26. The second kappa shape index (κ2) is 7.35. The molecular weight excluding hydrogens is 270 g/mol. The van der Waals surface area contributed by atoms with Crippen molar-refractivity contribution < 1.29 is 9.53 Å². The van der Waals surface area contributed by atoms with Gasteiger partial charge >= 0.3 is 11.7 Å². The minimum Gasteiger partial charge on any atom is -0.461 e. The molecule has 2 N–H and O–H groups in total. The van der Waals surface area contributed by atoms with Gasteiger partial charge in [-0.15, -0.1) is 12.4 Å². The molecule has 0 radical (unpaired) electrons. The van der Waals surface area contributed by atoms with Gasteiger partial charge in [0.2, 0.25) is 0 Å². The van der Waals surface area contributed by atoms with Gasteiger partial charge in [0.1, 0.15) is 5.69 Å². The first-order valence-electron chi connectivity index (χ1n) is 6.41. The molecule has 0 spiro atoms. The molecule has 1 fully saturated rings. The molecular formula is C12H20ClN3O3. The highest BCUT2D eigenvalue weighted by atomic mass is 35.5. The molecule has 0 aromatic carbocycles. The maximum Gasteiger partial charge on any atom is 0.356 e. The van der Waals surface area contributed by atoms with Crippen LogP contribution in [0.3, 0.4) is 0 Å². The predicted octanol–water partition coefficient (Wildman–Crippen LogP) is 1.29. The van der Waals surface area contributed by atoms with Gasteiger partial charge in [0.15, 0.2) is 0 Å². The molecule has 6 nitrogen and oxygen atoms in total. The molecule has 0 unspecified atom stereocenters. The number of halogens is 1. The third-order valence-corrected chi connectivity index (χ3v) is 3.11. The van der Waals surface area contributed by atoms with E-state index >= 15 is 0 Å². The van der Waals surface area contributed by atoms with Gasteiger partial charge in [0.25, 0.3) is 0 Å². The molecule has 19 heavy (non-hydrogen) atoms. The molecule has 2 heterocycles. The van der Waals surface area contributed by atoms with Crippen LogP contribution in [0.5, 0.6) is 0 Å². The van der Waals surface area contributed by atoms with E-state index < -0.39 is 5.97 Å². The minimum atomic E-state index is -0.470. The highest BCUT2D eigenvalue weighted by Crippen LogP contribution is 2.13. The molecule has 1 aromatic rings. The third-order valence-electron chi connectivity index (χ3n) is 3.11. The number of hydrogen-bond donors (Lipinski definition) is 2. The average molecular weight is 290 g/mol. The van der Waals surface area contributed by atoms with Gasteiger partial charge in [-0.05, 0) is 32.9 Å². The largest absolute Gasteiger partial charge is 0.461 e. The lowest BCUT2D eigenvalue weighted by molar-refractivity contribution is 0.0517. The molecule has 1 aliphatic heterocycles. The molecule has 0 bridgehead atoms. The van der Waals surface area contributed by atoms with Crippen LogP contribution in [0.15, 0.2) is 4.79 Å². The zero-order valence-corrected chi connectivity index (χ0v) is 11.8. The molecule has 0 atom stereocenters. The maximum absolute atomic E-state index is 11.7. The first kappa shape index (κ1) is 15.8. The van der Waals surface area contributed by atoms with Gasteiger partial charge in [-0.3, -0.25) is 9.88 Å². The molecule has 108 valence electrons. The highest BCUT2D eigenvalue weighted by molar-refractivity contribution is 5.88. The molecule has 0 amide bonds. The van der Waals surface area contributed by atoms with E-state index in [4.69, 9.17) is 4.74 Å². The number of nitrogens with one attached hydrogen (secondary N) is 2. The van der Waals surface area contributed by atoms with E-state index in [1.54, 1.807) is 6.92 Å². The molecule has 1 saturated heterocycles. The van der Waals surface area contributed by atoms with Crippen molar-refractivity contribution in [3.8, 4) is 0 Å². The molecule has 7 heteroatoms. The van der Waals surface area contributed by atoms with Crippen LogP contribution in [0, 0.1) is 0 Å². The Morgan fingerprint density at radius 1 is 1.26 bits per heavy atom. The zero-order chi connectivity index (χ0) is 13.0. The van der Waals surface area contributed by atoms with Crippen LogP contribution in [0.2, 0.25) is 0 Å². The van der Waals surface area contributed by atoms with Crippen molar-refractivity contribution in [2.24, 2.45) is 0 Å². The molecule has 2 rings (SSSR count). The van der Waals surface area contributed by atoms with Crippen LogP contribution in [0.4, 0.5) is 0 Å². The Morgan fingerprint density at radius 3 is 2.58 bits per heavy atom. The maximum atomic E-state index is 11.7. The highest BCUT2D eigenvalue weighted by Gasteiger charge is 2.19. The number of aromatic nitrogens is 2. The lowest BCUT2D eigenvalue weighted by Gasteiger charge is -2.25. The number of ether oxygens (including phenoxy) is 1. The van der Waals surface area contributed by atoms with E-state index in [2.05, 4.69) is 14.9 Å². The number of aromatic amines is 2. The predicted molar refractivity (Wildman–Crippen MR) is 73.7 cm³/mol. The van der Waals surface area contributed by atoms with Gasteiger partial charge in [0.05, 0.1) is 12.3 Å². The van der Waals surface area contributed by atoms with Gasteiger partial charge < -0.3 is 9.72 Å². The van der Waals surface area contributed by atoms with Crippen LogP contribution in [0.25, 0.3) is 0 Å². The third kappa shape index (κ3) is 4.11. The number of H-pyrrole nitrogens is 2. The molecule has 1 aliphatic rings. The summed E-state index contributed by atoms with van der Waals surface area (Å²) in [4.78, 5) is 30.4. The van der Waals surface area contributed by atoms with E-state index in [1.807, 2.05) is 0 Å². The number of esters is 1. The summed E-state index contributed by atoms with van der Waals surface area (Å²) < 4.78 is 4.92. The summed E-state index contributed by atoms with van der Waals surface area (Å²) in [6.07, 6.45) is 3.59. The smallest absolute Gasteiger partial charge is 0.356 e. The van der Waals surface area contributed by atoms with Gasteiger partial charge in [-0.1, -0.05) is 6.42 Å². The van der Waals surface area contributed by atoms with Crippen molar-refractivity contribution in [2.45, 2.75) is 32.7 Å². The number of carbonyl (C=O) groups excluding carboxylic acids is 1. The van der Waals surface area contributed by atoms with E-state index in [0.717, 1.165) is 13.1 Å². The van der Waals surface area contributed by atoms with Crippen LogP contribution < -0.4 is 5.69 Å². The fraction of sp³-hybridized carbons (Fsp3) is 0.667. The van der Waals surface area contributed by atoms with Gasteiger partial charge in [0, 0.05) is 6.54 Å². The number of nitrogens with zero attached hydrogens (tertiary/aromatic N) is 1. The quantitative estimate of drug-likeness (QED) is 0.819. The SMILES string of the molecule is CCOC(=O)c1[nH]c(=O)[nH]c1CN1CCCCC1.Cl. The Balaban J connectivity index is 0.00000180.